The normalized spacial score (nSPS) is 18.1. The zero-order valence-corrected chi connectivity index (χ0v) is 15.9. The smallest absolute Gasteiger partial charge is 0.289 e. The molecular weight excluding hydrogens is 358 g/mol. The van der Waals surface area contributed by atoms with Crippen molar-refractivity contribution < 1.29 is 14.0 Å². The van der Waals surface area contributed by atoms with Crippen LogP contribution in [-0.4, -0.2) is 70.9 Å². The van der Waals surface area contributed by atoms with Crippen LogP contribution in [0.25, 0.3) is 0 Å². The first-order valence-electron chi connectivity index (χ1n) is 9.91. The number of aromatic nitrogens is 2. The summed E-state index contributed by atoms with van der Waals surface area (Å²) in [5.41, 5.74) is 0.445. The lowest BCUT2D eigenvalue weighted by Gasteiger charge is -2.35. The molecule has 8 heteroatoms. The summed E-state index contributed by atoms with van der Waals surface area (Å²) in [6.45, 7) is 4.07. The first-order chi connectivity index (χ1) is 13.7. The Morgan fingerprint density at radius 1 is 0.857 bits per heavy atom. The monoisotopic (exact) mass is 383 g/mol. The molecule has 2 aromatic heterocycles. The lowest BCUT2D eigenvalue weighted by molar-refractivity contribution is 0.0714. The molecule has 148 valence electrons. The van der Waals surface area contributed by atoms with Crippen molar-refractivity contribution in [2.24, 2.45) is 0 Å². The highest BCUT2D eigenvalue weighted by atomic mass is 16.3. The minimum atomic E-state index is -0.0932. The van der Waals surface area contributed by atoms with Crippen LogP contribution in [0.15, 0.2) is 35.2 Å². The van der Waals surface area contributed by atoms with Gasteiger partial charge in [0.25, 0.3) is 11.8 Å². The van der Waals surface area contributed by atoms with E-state index in [1.165, 1.54) is 25.4 Å². The zero-order chi connectivity index (χ0) is 19.3. The van der Waals surface area contributed by atoms with E-state index in [1.54, 1.807) is 23.1 Å². The summed E-state index contributed by atoms with van der Waals surface area (Å²) in [5, 5.41) is 0. The summed E-state index contributed by atoms with van der Waals surface area (Å²) in [7, 11) is 0. The molecule has 0 aromatic carbocycles. The Hall–Kier alpha value is -2.90. The van der Waals surface area contributed by atoms with E-state index < -0.39 is 0 Å². The van der Waals surface area contributed by atoms with Gasteiger partial charge in [0.2, 0.25) is 0 Å². The number of amides is 2. The number of furan rings is 1. The van der Waals surface area contributed by atoms with Crippen molar-refractivity contribution in [3.8, 4) is 0 Å². The molecule has 2 fully saturated rings. The molecule has 2 aliphatic heterocycles. The maximum atomic E-state index is 12.8. The van der Waals surface area contributed by atoms with Crippen molar-refractivity contribution in [3.05, 3.63) is 42.2 Å². The quantitative estimate of drug-likeness (QED) is 0.807. The largest absolute Gasteiger partial charge is 0.459 e. The van der Waals surface area contributed by atoms with E-state index in [2.05, 4.69) is 14.9 Å². The minimum Gasteiger partial charge on any atom is -0.459 e. The van der Waals surface area contributed by atoms with Crippen LogP contribution in [0.3, 0.4) is 0 Å². The third-order valence-electron chi connectivity index (χ3n) is 5.39. The molecule has 4 rings (SSSR count). The second-order valence-electron chi connectivity index (χ2n) is 7.22. The Kier molecular flexibility index (Phi) is 5.55. The highest BCUT2D eigenvalue weighted by molar-refractivity contribution is 5.93. The van der Waals surface area contributed by atoms with Crippen LogP contribution in [0, 0.1) is 0 Å². The second-order valence-corrected chi connectivity index (χ2v) is 7.22. The molecule has 28 heavy (non-hydrogen) atoms. The number of anilines is 1. The number of hydrogen-bond acceptors (Lipinski definition) is 6. The van der Waals surface area contributed by atoms with E-state index in [0.717, 1.165) is 31.7 Å². The van der Waals surface area contributed by atoms with E-state index >= 15 is 0 Å². The molecule has 0 aliphatic carbocycles. The molecule has 2 aromatic rings. The van der Waals surface area contributed by atoms with E-state index in [1.807, 2.05) is 4.90 Å². The number of likely N-dealkylation sites (tertiary alicyclic amines) is 1. The summed E-state index contributed by atoms with van der Waals surface area (Å²) in [6.07, 6.45) is 7.43. The molecule has 0 saturated carbocycles. The van der Waals surface area contributed by atoms with Gasteiger partial charge in [-0.1, -0.05) is 12.8 Å². The van der Waals surface area contributed by atoms with E-state index in [4.69, 9.17) is 4.42 Å². The Morgan fingerprint density at radius 2 is 1.57 bits per heavy atom. The number of piperazine rings is 1. The number of rotatable bonds is 3. The number of hydrogen-bond donors (Lipinski definition) is 0. The molecule has 2 saturated heterocycles. The van der Waals surface area contributed by atoms with Crippen molar-refractivity contribution in [1.82, 2.24) is 19.8 Å². The molecule has 2 amide bonds. The molecule has 0 bridgehead atoms. The molecule has 0 N–H and O–H groups in total. The third kappa shape index (κ3) is 4.00. The Balaban J connectivity index is 1.39. The lowest BCUT2D eigenvalue weighted by atomic mass is 10.2. The predicted molar refractivity (Wildman–Crippen MR) is 103 cm³/mol. The molecule has 0 unspecified atom stereocenters. The van der Waals surface area contributed by atoms with Gasteiger partial charge in [-0.15, -0.1) is 0 Å². The van der Waals surface area contributed by atoms with E-state index in [0.29, 0.717) is 37.6 Å². The van der Waals surface area contributed by atoms with Crippen LogP contribution in [0.5, 0.6) is 0 Å². The topological polar surface area (TPSA) is 82.8 Å². The summed E-state index contributed by atoms with van der Waals surface area (Å²) in [5.74, 6) is 0.987. The van der Waals surface area contributed by atoms with Crippen LogP contribution in [0.2, 0.25) is 0 Å². The third-order valence-corrected chi connectivity index (χ3v) is 5.39. The minimum absolute atomic E-state index is 0.0165. The Labute approximate surface area is 164 Å². The average molecular weight is 383 g/mol. The van der Waals surface area contributed by atoms with Crippen molar-refractivity contribution in [1.29, 1.82) is 0 Å². The van der Waals surface area contributed by atoms with Gasteiger partial charge in [0.15, 0.2) is 5.76 Å². The van der Waals surface area contributed by atoms with Crippen LogP contribution in [0.1, 0.15) is 46.7 Å². The molecule has 0 spiro atoms. The molecular formula is C20H25N5O3. The van der Waals surface area contributed by atoms with Gasteiger partial charge in [-0.25, -0.2) is 9.97 Å². The standard InChI is InChI=1S/C20H25N5O3/c26-19(24-7-3-1-2-4-8-24)16-14-18(22-15-21-16)23-9-11-25(12-10-23)20(27)17-6-5-13-28-17/h5-6,13-15H,1-4,7-12H2. The van der Waals surface area contributed by atoms with Crippen molar-refractivity contribution in [2.45, 2.75) is 25.7 Å². The average Bonchev–Trinajstić information content (AvgIpc) is 3.15. The number of carbonyl (C=O) groups is 2. The molecule has 2 aliphatic rings. The summed E-state index contributed by atoms with van der Waals surface area (Å²) in [4.78, 5) is 39.5. The fourth-order valence-corrected chi connectivity index (χ4v) is 3.77. The zero-order valence-electron chi connectivity index (χ0n) is 15.9. The molecule has 4 heterocycles. The van der Waals surface area contributed by atoms with Crippen molar-refractivity contribution in [3.63, 3.8) is 0 Å². The van der Waals surface area contributed by atoms with Crippen LogP contribution in [-0.2, 0) is 0 Å². The molecule has 0 radical (unpaired) electrons. The van der Waals surface area contributed by atoms with Gasteiger partial charge < -0.3 is 19.1 Å². The van der Waals surface area contributed by atoms with Gasteiger partial charge in [0.05, 0.1) is 6.26 Å². The van der Waals surface area contributed by atoms with Gasteiger partial charge in [-0.2, -0.15) is 0 Å². The van der Waals surface area contributed by atoms with Crippen LogP contribution >= 0.6 is 0 Å². The summed E-state index contributed by atoms with van der Waals surface area (Å²) < 4.78 is 5.20. The summed E-state index contributed by atoms with van der Waals surface area (Å²) in [6, 6.07) is 5.17. The lowest BCUT2D eigenvalue weighted by Crippen LogP contribution is -2.49. The Bertz CT molecular complexity index is 807. The van der Waals surface area contributed by atoms with Crippen LogP contribution in [0.4, 0.5) is 5.82 Å². The van der Waals surface area contributed by atoms with Gasteiger partial charge in [-0.05, 0) is 25.0 Å². The highest BCUT2D eigenvalue weighted by Crippen LogP contribution is 2.18. The van der Waals surface area contributed by atoms with Gasteiger partial charge in [-0.3, -0.25) is 9.59 Å². The SMILES string of the molecule is O=C(c1cc(N2CCN(C(=O)c3ccco3)CC2)ncn1)N1CCCCCC1. The number of nitrogens with zero attached hydrogens (tertiary/aromatic N) is 5. The predicted octanol–water partition coefficient (Wildman–Crippen LogP) is 2.05. The van der Waals surface area contributed by atoms with Gasteiger partial charge in [0, 0.05) is 45.3 Å². The van der Waals surface area contributed by atoms with Gasteiger partial charge >= 0.3 is 0 Å². The maximum Gasteiger partial charge on any atom is 0.289 e. The maximum absolute atomic E-state index is 12.8. The van der Waals surface area contributed by atoms with Crippen molar-refractivity contribution >= 4 is 17.6 Å². The summed E-state index contributed by atoms with van der Waals surface area (Å²) >= 11 is 0. The van der Waals surface area contributed by atoms with E-state index in [9.17, 15) is 9.59 Å². The fraction of sp³-hybridized carbons (Fsp3) is 0.500. The Morgan fingerprint density at radius 3 is 2.25 bits per heavy atom. The van der Waals surface area contributed by atoms with Crippen LogP contribution < -0.4 is 4.90 Å². The van der Waals surface area contributed by atoms with Crippen molar-refractivity contribution in [2.75, 3.05) is 44.2 Å². The molecule has 8 nitrogen and oxygen atoms in total. The fourth-order valence-electron chi connectivity index (χ4n) is 3.77. The molecule has 0 atom stereocenters. The first kappa shape index (κ1) is 18.5. The second kappa shape index (κ2) is 8.41. The first-order valence-corrected chi connectivity index (χ1v) is 9.91. The highest BCUT2D eigenvalue weighted by Gasteiger charge is 2.25. The number of carbonyl (C=O) groups excluding carboxylic acids is 2. The van der Waals surface area contributed by atoms with E-state index in [-0.39, 0.29) is 11.8 Å². The van der Waals surface area contributed by atoms with Gasteiger partial charge in [0.1, 0.15) is 17.8 Å².